The van der Waals surface area contributed by atoms with E-state index in [0.717, 1.165) is 23.3 Å². The van der Waals surface area contributed by atoms with E-state index >= 15 is 0 Å². The monoisotopic (exact) mass is 471 g/mol. The topological polar surface area (TPSA) is 86.8 Å². The van der Waals surface area contributed by atoms with E-state index in [1.807, 2.05) is 0 Å². The van der Waals surface area contributed by atoms with Crippen molar-refractivity contribution in [2.75, 3.05) is 23.7 Å². The number of sulfonamides is 1. The Labute approximate surface area is 184 Å². The minimum Gasteiger partial charge on any atom is -0.355 e. The molecule has 32 heavy (non-hydrogen) atoms. The van der Waals surface area contributed by atoms with Crippen LogP contribution in [0.25, 0.3) is 0 Å². The Hall–Kier alpha value is -3.08. The van der Waals surface area contributed by atoms with Gasteiger partial charge in [0.25, 0.3) is 0 Å². The molecule has 2 aromatic rings. The number of hydrogen-bond acceptors (Lipinski definition) is 4. The fourth-order valence-electron chi connectivity index (χ4n) is 2.97. The molecule has 2 rings (SSSR count). The highest BCUT2D eigenvalue weighted by Gasteiger charge is 2.30. The minimum absolute atomic E-state index is 0.121. The van der Waals surface area contributed by atoms with Gasteiger partial charge in [-0.05, 0) is 32.0 Å². The van der Waals surface area contributed by atoms with Crippen molar-refractivity contribution in [3.05, 3.63) is 65.5 Å². The fraction of sp³-hybridized carbons (Fsp3) is 0.333. The number of benzene rings is 2. The zero-order valence-electron chi connectivity index (χ0n) is 17.8. The molecule has 0 fully saturated rings. The third-order valence-corrected chi connectivity index (χ3v) is 5.83. The molecule has 0 aliphatic heterocycles. The number of rotatable bonds is 9. The molecular formula is C21H24F3N3O4S. The first-order valence-corrected chi connectivity index (χ1v) is 11.5. The van der Waals surface area contributed by atoms with Crippen LogP contribution in [0.3, 0.4) is 0 Å². The smallest absolute Gasteiger partial charge is 0.244 e. The van der Waals surface area contributed by atoms with Gasteiger partial charge in [0.2, 0.25) is 21.8 Å². The van der Waals surface area contributed by atoms with Gasteiger partial charge in [-0.25, -0.2) is 21.6 Å². The van der Waals surface area contributed by atoms with Gasteiger partial charge in [0, 0.05) is 24.7 Å². The van der Waals surface area contributed by atoms with E-state index < -0.39 is 51.9 Å². The van der Waals surface area contributed by atoms with Crippen LogP contribution in [0.15, 0.2) is 42.5 Å². The quantitative estimate of drug-likeness (QED) is 0.609. The SMILES string of the molecule is CCNC(=O)[C@@H](C)N(Cc1ccccc1F)C(=O)CN(c1ccc(F)c(F)c1)S(C)(=O)=O. The zero-order chi connectivity index (χ0) is 24.1. The standard InChI is InChI=1S/C21H24F3N3O4S/c1-4-25-21(29)14(2)26(12-15-7-5-6-8-17(15)22)20(28)13-27(32(3,30)31)16-9-10-18(23)19(24)11-16/h5-11,14H,4,12-13H2,1-3H3,(H,25,29)/t14-/m1/s1. The molecule has 2 aromatic carbocycles. The molecule has 0 bridgehead atoms. The van der Waals surface area contributed by atoms with Gasteiger partial charge in [-0.2, -0.15) is 0 Å². The van der Waals surface area contributed by atoms with Gasteiger partial charge in [-0.15, -0.1) is 0 Å². The Morgan fingerprint density at radius 2 is 1.69 bits per heavy atom. The first kappa shape index (κ1) is 25.2. The zero-order valence-corrected chi connectivity index (χ0v) is 18.6. The van der Waals surface area contributed by atoms with Crippen molar-refractivity contribution in [3.63, 3.8) is 0 Å². The van der Waals surface area contributed by atoms with Crippen molar-refractivity contribution in [2.45, 2.75) is 26.4 Å². The summed E-state index contributed by atoms with van der Waals surface area (Å²) in [6.07, 6.45) is 0.802. The Morgan fingerprint density at radius 3 is 2.25 bits per heavy atom. The Kier molecular flexibility index (Phi) is 8.25. The minimum atomic E-state index is -4.09. The summed E-state index contributed by atoms with van der Waals surface area (Å²) in [6, 6.07) is 6.99. The van der Waals surface area contributed by atoms with Crippen molar-refractivity contribution < 1.29 is 31.2 Å². The molecule has 174 valence electrons. The second kappa shape index (κ2) is 10.5. The average molecular weight is 472 g/mol. The summed E-state index contributed by atoms with van der Waals surface area (Å²) in [6.45, 7) is 2.28. The lowest BCUT2D eigenvalue weighted by Gasteiger charge is -2.31. The van der Waals surface area contributed by atoms with Crippen LogP contribution in [0.2, 0.25) is 0 Å². The van der Waals surface area contributed by atoms with Gasteiger partial charge in [-0.3, -0.25) is 13.9 Å². The van der Waals surface area contributed by atoms with Crippen LogP contribution < -0.4 is 9.62 Å². The Balaban J connectivity index is 2.42. The highest BCUT2D eigenvalue weighted by Crippen LogP contribution is 2.22. The second-order valence-electron chi connectivity index (χ2n) is 7.05. The van der Waals surface area contributed by atoms with Gasteiger partial charge in [0.15, 0.2) is 11.6 Å². The van der Waals surface area contributed by atoms with Gasteiger partial charge in [-0.1, -0.05) is 18.2 Å². The second-order valence-corrected chi connectivity index (χ2v) is 8.96. The number of nitrogens with one attached hydrogen (secondary N) is 1. The molecule has 0 saturated heterocycles. The molecule has 0 spiro atoms. The van der Waals surface area contributed by atoms with E-state index in [4.69, 9.17) is 0 Å². The molecular weight excluding hydrogens is 447 g/mol. The first-order chi connectivity index (χ1) is 15.0. The lowest BCUT2D eigenvalue weighted by atomic mass is 10.1. The van der Waals surface area contributed by atoms with E-state index in [1.54, 1.807) is 13.0 Å². The number of likely N-dealkylation sites (N-methyl/N-ethyl adjacent to an activating group) is 1. The first-order valence-electron chi connectivity index (χ1n) is 9.69. The lowest BCUT2D eigenvalue weighted by Crippen LogP contribution is -2.51. The summed E-state index contributed by atoms with van der Waals surface area (Å²) >= 11 is 0. The number of carbonyl (C=O) groups is 2. The normalized spacial score (nSPS) is 12.2. The molecule has 0 saturated carbocycles. The highest BCUT2D eigenvalue weighted by atomic mass is 32.2. The van der Waals surface area contributed by atoms with Gasteiger partial charge in [0.1, 0.15) is 18.4 Å². The van der Waals surface area contributed by atoms with Crippen LogP contribution in [0.1, 0.15) is 19.4 Å². The maximum absolute atomic E-state index is 14.2. The van der Waals surface area contributed by atoms with Crippen LogP contribution >= 0.6 is 0 Å². The molecule has 0 radical (unpaired) electrons. The molecule has 1 atom stereocenters. The molecule has 7 nitrogen and oxygen atoms in total. The fourth-order valence-corrected chi connectivity index (χ4v) is 3.81. The van der Waals surface area contributed by atoms with E-state index in [1.165, 1.54) is 25.1 Å². The third-order valence-electron chi connectivity index (χ3n) is 4.69. The number of halogens is 3. The van der Waals surface area contributed by atoms with Crippen LogP contribution in [0, 0.1) is 17.5 Å². The Bertz CT molecular complexity index is 1100. The van der Waals surface area contributed by atoms with Crippen molar-refractivity contribution in [2.24, 2.45) is 0 Å². The van der Waals surface area contributed by atoms with E-state index in [0.29, 0.717) is 10.4 Å². The van der Waals surface area contributed by atoms with Crippen LogP contribution in [-0.4, -0.2) is 50.5 Å². The van der Waals surface area contributed by atoms with Crippen molar-refractivity contribution in [3.8, 4) is 0 Å². The Morgan fingerprint density at radius 1 is 1.03 bits per heavy atom. The maximum atomic E-state index is 14.2. The van der Waals surface area contributed by atoms with Crippen molar-refractivity contribution in [1.29, 1.82) is 0 Å². The van der Waals surface area contributed by atoms with Gasteiger partial charge in [0.05, 0.1) is 11.9 Å². The lowest BCUT2D eigenvalue weighted by molar-refractivity contribution is -0.139. The predicted octanol–water partition coefficient (Wildman–Crippen LogP) is 2.42. The number of amides is 2. The van der Waals surface area contributed by atoms with Gasteiger partial charge < -0.3 is 10.2 Å². The molecule has 0 heterocycles. The number of carbonyl (C=O) groups excluding carboxylic acids is 2. The average Bonchev–Trinajstić information content (AvgIpc) is 2.72. The summed E-state index contributed by atoms with van der Waals surface area (Å²) in [7, 11) is -4.09. The van der Waals surface area contributed by atoms with Crippen LogP contribution in [0.5, 0.6) is 0 Å². The summed E-state index contributed by atoms with van der Waals surface area (Å²) in [4.78, 5) is 26.5. The summed E-state index contributed by atoms with van der Waals surface area (Å²) in [5, 5.41) is 2.56. The molecule has 0 aliphatic carbocycles. The summed E-state index contributed by atoms with van der Waals surface area (Å²) < 4.78 is 66.4. The number of anilines is 1. The van der Waals surface area contributed by atoms with E-state index in [2.05, 4.69) is 5.32 Å². The van der Waals surface area contributed by atoms with Crippen molar-refractivity contribution in [1.82, 2.24) is 10.2 Å². The molecule has 11 heteroatoms. The summed E-state index contributed by atoms with van der Waals surface area (Å²) in [5.41, 5.74) is -0.146. The number of nitrogens with zero attached hydrogens (tertiary/aromatic N) is 2. The maximum Gasteiger partial charge on any atom is 0.244 e. The molecule has 0 unspecified atom stereocenters. The predicted molar refractivity (Wildman–Crippen MR) is 114 cm³/mol. The molecule has 2 amide bonds. The van der Waals surface area contributed by atoms with Gasteiger partial charge >= 0.3 is 0 Å². The van der Waals surface area contributed by atoms with Crippen LogP contribution in [-0.2, 0) is 26.2 Å². The molecule has 0 aliphatic rings. The summed E-state index contributed by atoms with van der Waals surface area (Å²) in [5.74, 6) is -4.42. The number of hydrogen-bond donors (Lipinski definition) is 1. The third kappa shape index (κ3) is 6.22. The molecule has 0 aromatic heterocycles. The largest absolute Gasteiger partial charge is 0.355 e. The molecule has 1 N–H and O–H groups in total. The highest BCUT2D eigenvalue weighted by molar-refractivity contribution is 7.92. The van der Waals surface area contributed by atoms with Crippen LogP contribution in [0.4, 0.5) is 18.9 Å². The van der Waals surface area contributed by atoms with Crippen molar-refractivity contribution >= 4 is 27.5 Å². The van der Waals surface area contributed by atoms with E-state index in [-0.39, 0.29) is 24.3 Å². The van der Waals surface area contributed by atoms with E-state index in [9.17, 15) is 31.2 Å².